The summed E-state index contributed by atoms with van der Waals surface area (Å²) in [6.45, 7) is 11.2. The number of fused-ring (bicyclic) bond motifs is 1. The average Bonchev–Trinajstić information content (AvgIpc) is 3.18. The number of nitrogens with one attached hydrogen (secondary N) is 2. The van der Waals surface area contributed by atoms with Crippen molar-refractivity contribution < 1.29 is 4.79 Å². The van der Waals surface area contributed by atoms with Crippen LogP contribution in [0, 0.1) is 20.8 Å². The molecule has 1 amide bonds. The van der Waals surface area contributed by atoms with Gasteiger partial charge in [0.25, 0.3) is 11.5 Å². The lowest BCUT2D eigenvalue weighted by Crippen LogP contribution is -2.28. The molecule has 7 heteroatoms. The van der Waals surface area contributed by atoms with E-state index in [9.17, 15) is 9.59 Å². The lowest BCUT2D eigenvalue weighted by atomic mass is 9.98. The van der Waals surface area contributed by atoms with Crippen LogP contribution in [0.2, 0.25) is 0 Å². The van der Waals surface area contributed by atoms with Crippen molar-refractivity contribution in [3.63, 3.8) is 0 Å². The number of hydrogen-bond acceptors (Lipinski definition) is 4. The van der Waals surface area contributed by atoms with Gasteiger partial charge in [-0.15, -0.1) is 0 Å². The maximum absolute atomic E-state index is 13.6. The number of aromatic nitrogens is 3. The predicted molar refractivity (Wildman–Crippen MR) is 150 cm³/mol. The van der Waals surface area contributed by atoms with E-state index < -0.39 is 0 Å². The average molecular weight is 500 g/mol. The summed E-state index contributed by atoms with van der Waals surface area (Å²) in [5, 5.41) is 3.93. The Morgan fingerprint density at radius 2 is 1.84 bits per heavy atom. The Morgan fingerprint density at radius 1 is 1.08 bits per heavy atom. The lowest BCUT2D eigenvalue weighted by molar-refractivity contribution is 0.0952. The van der Waals surface area contributed by atoms with Crippen molar-refractivity contribution in [2.24, 2.45) is 0 Å². The first-order valence-corrected chi connectivity index (χ1v) is 12.8. The maximum Gasteiger partial charge on any atom is 0.253 e. The number of pyridine rings is 2. The van der Waals surface area contributed by atoms with Crippen LogP contribution in [-0.4, -0.2) is 46.0 Å². The second-order valence-electron chi connectivity index (χ2n) is 10.4. The maximum atomic E-state index is 13.6. The van der Waals surface area contributed by atoms with Crippen LogP contribution >= 0.6 is 0 Å². The molecular formula is C30H37N5O2. The molecule has 0 spiro atoms. The van der Waals surface area contributed by atoms with Crippen molar-refractivity contribution in [2.45, 2.75) is 53.6 Å². The summed E-state index contributed by atoms with van der Waals surface area (Å²) in [4.78, 5) is 35.7. The number of amides is 1. The number of nitrogens with zero attached hydrogens (tertiary/aromatic N) is 3. The number of carbonyl (C=O) groups excluding carboxylic acids is 1. The van der Waals surface area contributed by atoms with Gasteiger partial charge in [-0.2, -0.15) is 0 Å². The fourth-order valence-electron chi connectivity index (χ4n) is 4.81. The fourth-order valence-corrected chi connectivity index (χ4v) is 4.81. The molecule has 4 aromatic rings. The molecule has 0 aliphatic heterocycles. The van der Waals surface area contributed by atoms with Crippen LogP contribution in [-0.2, 0) is 13.0 Å². The van der Waals surface area contributed by atoms with Crippen LogP contribution in [0.1, 0.15) is 58.3 Å². The van der Waals surface area contributed by atoms with Crippen LogP contribution in [0.15, 0.2) is 47.5 Å². The Bertz CT molecular complexity index is 1490. The molecule has 3 heterocycles. The predicted octanol–water partition coefficient (Wildman–Crippen LogP) is 4.93. The van der Waals surface area contributed by atoms with Gasteiger partial charge < -0.3 is 19.8 Å². The molecular weight excluding hydrogens is 462 g/mol. The molecule has 0 bridgehead atoms. The molecule has 194 valence electrons. The highest BCUT2D eigenvalue weighted by molar-refractivity contribution is 6.09. The highest BCUT2D eigenvalue weighted by Crippen LogP contribution is 2.33. The van der Waals surface area contributed by atoms with Gasteiger partial charge in [0.05, 0.1) is 0 Å². The number of benzene rings is 1. The van der Waals surface area contributed by atoms with E-state index in [1.54, 1.807) is 0 Å². The van der Waals surface area contributed by atoms with Gasteiger partial charge in [0.15, 0.2) is 0 Å². The molecule has 0 radical (unpaired) electrons. The third-order valence-corrected chi connectivity index (χ3v) is 6.82. The molecule has 37 heavy (non-hydrogen) atoms. The van der Waals surface area contributed by atoms with Gasteiger partial charge >= 0.3 is 0 Å². The monoisotopic (exact) mass is 499 g/mol. The molecule has 0 aliphatic rings. The molecule has 7 nitrogen and oxygen atoms in total. The van der Waals surface area contributed by atoms with Gasteiger partial charge in [0.2, 0.25) is 0 Å². The van der Waals surface area contributed by atoms with Gasteiger partial charge in [0.1, 0.15) is 0 Å². The molecule has 2 N–H and O–H groups in total. The summed E-state index contributed by atoms with van der Waals surface area (Å²) in [5.41, 5.74) is 7.66. The Kier molecular flexibility index (Phi) is 7.64. The zero-order valence-corrected chi connectivity index (χ0v) is 22.9. The molecule has 1 aromatic carbocycles. The highest BCUT2D eigenvalue weighted by atomic mass is 16.1. The topological polar surface area (TPSA) is 83.0 Å². The second-order valence-corrected chi connectivity index (χ2v) is 10.4. The summed E-state index contributed by atoms with van der Waals surface area (Å²) >= 11 is 0. The SMILES string of the molecule is Cc1cc(C)c(CNC(=O)c2cc(-c3ccc(CCN(C)C)nc3)cc3c2c(C)cn3C(C)C)c(=O)[nH]1. The first kappa shape index (κ1) is 26.4. The molecule has 0 saturated carbocycles. The standard InChI is InChI=1S/C30H37N5O2/c1-18(2)35-17-20(4)28-25(29(36)32-16-26-19(3)12-21(5)33-30(26)37)13-23(14-27(28)35)22-8-9-24(31-15-22)10-11-34(6)7/h8-9,12-15,17-18H,10-11,16H2,1-7H3,(H,32,36)(H,33,37). The lowest BCUT2D eigenvalue weighted by Gasteiger charge is -2.14. The van der Waals surface area contributed by atoms with Crippen LogP contribution in [0.5, 0.6) is 0 Å². The van der Waals surface area contributed by atoms with Gasteiger partial charge in [-0.3, -0.25) is 14.6 Å². The van der Waals surface area contributed by atoms with Crippen LogP contribution < -0.4 is 10.9 Å². The van der Waals surface area contributed by atoms with E-state index in [-0.39, 0.29) is 24.1 Å². The first-order valence-electron chi connectivity index (χ1n) is 12.8. The Morgan fingerprint density at radius 3 is 2.46 bits per heavy atom. The van der Waals surface area contributed by atoms with E-state index in [1.807, 2.05) is 39.1 Å². The zero-order chi connectivity index (χ0) is 26.9. The van der Waals surface area contributed by atoms with E-state index >= 15 is 0 Å². The van der Waals surface area contributed by atoms with Gasteiger partial charge in [-0.05, 0) is 89.7 Å². The minimum atomic E-state index is -0.202. The Hall–Kier alpha value is -3.71. The first-order chi connectivity index (χ1) is 17.5. The smallest absolute Gasteiger partial charge is 0.253 e. The van der Waals surface area contributed by atoms with Crippen molar-refractivity contribution >= 4 is 16.8 Å². The number of aromatic amines is 1. The number of rotatable bonds is 8. The summed E-state index contributed by atoms with van der Waals surface area (Å²) in [7, 11) is 4.11. The Labute approximate surface area is 218 Å². The molecule has 0 saturated heterocycles. The number of H-pyrrole nitrogens is 1. The largest absolute Gasteiger partial charge is 0.348 e. The molecule has 3 aromatic heterocycles. The van der Waals surface area contributed by atoms with Crippen LogP contribution in [0.25, 0.3) is 22.0 Å². The van der Waals surface area contributed by atoms with Crippen molar-refractivity contribution in [3.05, 3.63) is 86.7 Å². The summed E-state index contributed by atoms with van der Waals surface area (Å²) in [6, 6.07) is 10.4. The second kappa shape index (κ2) is 10.7. The quantitative estimate of drug-likeness (QED) is 0.360. The normalized spacial score (nSPS) is 11.6. The van der Waals surface area contributed by atoms with Crippen molar-refractivity contribution in [1.82, 2.24) is 24.8 Å². The van der Waals surface area contributed by atoms with Gasteiger partial charge in [0, 0.05) is 76.9 Å². The van der Waals surface area contributed by atoms with Gasteiger partial charge in [-0.25, -0.2) is 0 Å². The van der Waals surface area contributed by atoms with Crippen molar-refractivity contribution in [1.29, 1.82) is 0 Å². The van der Waals surface area contributed by atoms with E-state index in [4.69, 9.17) is 0 Å². The number of hydrogen-bond donors (Lipinski definition) is 2. The fraction of sp³-hybridized carbons (Fsp3) is 0.367. The summed E-state index contributed by atoms with van der Waals surface area (Å²) in [6.07, 6.45) is 4.87. The minimum absolute atomic E-state index is 0.165. The third kappa shape index (κ3) is 5.67. The number of carbonyl (C=O) groups is 1. The zero-order valence-electron chi connectivity index (χ0n) is 22.9. The molecule has 0 atom stereocenters. The van der Waals surface area contributed by atoms with E-state index in [0.29, 0.717) is 11.1 Å². The number of aryl methyl sites for hydroxylation is 3. The van der Waals surface area contributed by atoms with Crippen LogP contribution in [0.3, 0.4) is 0 Å². The minimum Gasteiger partial charge on any atom is -0.348 e. The van der Waals surface area contributed by atoms with Gasteiger partial charge in [-0.1, -0.05) is 6.07 Å². The number of likely N-dealkylation sites (N-methyl/N-ethyl adjacent to an activating group) is 1. The van der Waals surface area contributed by atoms with E-state index in [2.05, 4.69) is 77.1 Å². The molecule has 0 fully saturated rings. The van der Waals surface area contributed by atoms with Crippen molar-refractivity contribution in [2.75, 3.05) is 20.6 Å². The summed E-state index contributed by atoms with van der Waals surface area (Å²) < 4.78 is 2.21. The molecule has 0 unspecified atom stereocenters. The Balaban J connectivity index is 1.74. The van der Waals surface area contributed by atoms with E-state index in [0.717, 1.165) is 57.5 Å². The van der Waals surface area contributed by atoms with Crippen molar-refractivity contribution in [3.8, 4) is 11.1 Å². The van der Waals surface area contributed by atoms with Crippen LogP contribution in [0.4, 0.5) is 0 Å². The molecule has 4 rings (SSSR count). The summed E-state index contributed by atoms with van der Waals surface area (Å²) in [5.74, 6) is -0.202. The highest BCUT2D eigenvalue weighted by Gasteiger charge is 2.19. The third-order valence-electron chi connectivity index (χ3n) is 6.82. The van der Waals surface area contributed by atoms with E-state index in [1.165, 1.54) is 0 Å². The molecule has 0 aliphatic carbocycles.